The average Bonchev–Trinajstić information content (AvgIpc) is 3.17. The van der Waals surface area contributed by atoms with Crippen molar-refractivity contribution in [3.05, 3.63) is 47.4 Å². The van der Waals surface area contributed by atoms with Gasteiger partial charge in [0.1, 0.15) is 11.6 Å². The number of hydrogen-bond donors (Lipinski definition) is 1. The second-order valence-electron chi connectivity index (χ2n) is 7.91. The second kappa shape index (κ2) is 8.33. The summed E-state index contributed by atoms with van der Waals surface area (Å²) in [5.41, 5.74) is 1.76. The summed E-state index contributed by atoms with van der Waals surface area (Å²) in [4.78, 5) is 9.95. The van der Waals surface area contributed by atoms with E-state index in [-0.39, 0.29) is 17.7 Å². The molecule has 0 radical (unpaired) electrons. The number of piperidine rings is 1. The molecule has 1 N–H and O–H groups in total. The number of nitrogens with one attached hydrogen (secondary N) is 1. The van der Waals surface area contributed by atoms with Crippen LogP contribution in [-0.4, -0.2) is 51.7 Å². The van der Waals surface area contributed by atoms with Crippen molar-refractivity contribution in [1.29, 1.82) is 0 Å². The molecule has 2 unspecified atom stereocenters. The summed E-state index contributed by atoms with van der Waals surface area (Å²) in [6, 6.07) is 9.92. The molecule has 3 heterocycles. The molecule has 3 aromatic rings. The quantitative estimate of drug-likeness (QED) is 0.656. The minimum atomic E-state index is -4.62. The van der Waals surface area contributed by atoms with Crippen LogP contribution >= 0.6 is 0 Å². The molecule has 1 aromatic carbocycles. The highest BCUT2D eigenvalue weighted by molar-refractivity contribution is 5.45. The zero-order valence-electron chi connectivity index (χ0n) is 17.6. The molecule has 2 aromatic heterocycles. The minimum absolute atomic E-state index is 0.0673. The van der Waals surface area contributed by atoms with Crippen molar-refractivity contribution < 1.29 is 17.9 Å². The number of aromatic nitrogens is 4. The van der Waals surface area contributed by atoms with Gasteiger partial charge in [-0.1, -0.05) is 12.1 Å². The third kappa shape index (κ3) is 4.43. The van der Waals surface area contributed by atoms with E-state index in [0.717, 1.165) is 29.7 Å². The van der Waals surface area contributed by atoms with Gasteiger partial charge in [0, 0.05) is 24.3 Å². The van der Waals surface area contributed by atoms with Crippen molar-refractivity contribution in [3.8, 4) is 5.75 Å². The van der Waals surface area contributed by atoms with Gasteiger partial charge in [-0.05, 0) is 57.0 Å². The van der Waals surface area contributed by atoms with Gasteiger partial charge in [-0.15, -0.1) is 5.10 Å². The fourth-order valence-corrected chi connectivity index (χ4v) is 4.27. The van der Waals surface area contributed by atoms with Crippen LogP contribution in [0.5, 0.6) is 5.75 Å². The first-order chi connectivity index (χ1) is 14.8. The van der Waals surface area contributed by atoms with Gasteiger partial charge in [0.15, 0.2) is 0 Å². The molecule has 1 aliphatic rings. The number of anilines is 1. The van der Waals surface area contributed by atoms with Crippen LogP contribution in [0.4, 0.5) is 19.0 Å². The van der Waals surface area contributed by atoms with Crippen molar-refractivity contribution in [1.82, 2.24) is 24.5 Å². The second-order valence-corrected chi connectivity index (χ2v) is 7.91. The highest BCUT2D eigenvalue weighted by atomic mass is 19.4. The lowest BCUT2D eigenvalue weighted by atomic mass is 9.85. The number of methoxy groups -OCH3 is 1. The molecular weight excluding hydrogens is 409 g/mol. The summed E-state index contributed by atoms with van der Waals surface area (Å²) in [6.07, 6.45) is -2.56. The topological polar surface area (TPSA) is 67.6 Å². The monoisotopic (exact) mass is 434 g/mol. The standard InChI is InChI=1S/C21H25F3N6O/c1-13-11-17(30-20(26-13)27-19(28-30)21(22,23)24)25-12-15-5-4-10-29(2)18(15)14-6-8-16(31-3)9-7-14/h6-9,11,15,18,25H,4-5,10,12H2,1-3H3. The largest absolute Gasteiger partial charge is 0.497 e. The first-order valence-electron chi connectivity index (χ1n) is 10.2. The lowest BCUT2D eigenvalue weighted by molar-refractivity contribution is -0.144. The molecule has 2 atom stereocenters. The van der Waals surface area contributed by atoms with Crippen LogP contribution in [0.2, 0.25) is 0 Å². The lowest BCUT2D eigenvalue weighted by Gasteiger charge is -2.40. The summed E-state index contributed by atoms with van der Waals surface area (Å²) in [5.74, 6) is 0.260. The summed E-state index contributed by atoms with van der Waals surface area (Å²) < 4.78 is 45.6. The summed E-state index contributed by atoms with van der Waals surface area (Å²) in [7, 11) is 3.74. The van der Waals surface area contributed by atoms with E-state index in [2.05, 4.69) is 44.5 Å². The maximum absolute atomic E-state index is 13.1. The molecule has 0 bridgehead atoms. The highest BCUT2D eigenvalue weighted by Gasteiger charge is 2.37. The number of alkyl halides is 3. The van der Waals surface area contributed by atoms with Gasteiger partial charge in [-0.25, -0.2) is 4.98 Å². The normalized spacial score (nSPS) is 20.2. The Morgan fingerprint density at radius 1 is 1.19 bits per heavy atom. The summed E-state index contributed by atoms with van der Waals surface area (Å²) >= 11 is 0. The van der Waals surface area contributed by atoms with E-state index in [4.69, 9.17) is 4.74 Å². The zero-order chi connectivity index (χ0) is 22.2. The number of rotatable bonds is 5. The Morgan fingerprint density at radius 3 is 2.61 bits per heavy atom. The molecule has 4 rings (SSSR count). The fraction of sp³-hybridized carbons (Fsp3) is 0.476. The van der Waals surface area contributed by atoms with E-state index in [0.29, 0.717) is 18.1 Å². The molecule has 0 spiro atoms. The number of aryl methyl sites for hydroxylation is 1. The molecule has 1 fully saturated rings. The van der Waals surface area contributed by atoms with Gasteiger partial charge in [0.05, 0.1) is 7.11 Å². The van der Waals surface area contributed by atoms with Gasteiger partial charge < -0.3 is 10.1 Å². The number of likely N-dealkylation sites (tertiary alicyclic amines) is 1. The molecule has 0 aliphatic carbocycles. The maximum Gasteiger partial charge on any atom is 0.453 e. The third-order valence-electron chi connectivity index (χ3n) is 5.70. The number of benzene rings is 1. The third-order valence-corrected chi connectivity index (χ3v) is 5.70. The van der Waals surface area contributed by atoms with E-state index in [1.165, 1.54) is 5.56 Å². The van der Waals surface area contributed by atoms with Crippen molar-refractivity contribution >= 4 is 11.6 Å². The number of nitrogens with zero attached hydrogens (tertiary/aromatic N) is 5. The average molecular weight is 434 g/mol. The van der Waals surface area contributed by atoms with E-state index in [9.17, 15) is 13.2 Å². The SMILES string of the molecule is COc1ccc(C2C(CNc3cc(C)nc4nc(C(F)(F)F)nn34)CCCN2C)cc1. The van der Waals surface area contributed by atoms with Crippen molar-refractivity contribution in [2.45, 2.75) is 32.0 Å². The van der Waals surface area contributed by atoms with E-state index >= 15 is 0 Å². The molecule has 166 valence electrons. The summed E-state index contributed by atoms with van der Waals surface area (Å²) in [6.45, 7) is 3.30. The molecule has 7 nitrogen and oxygen atoms in total. The van der Waals surface area contributed by atoms with Crippen molar-refractivity contribution in [2.24, 2.45) is 5.92 Å². The van der Waals surface area contributed by atoms with Crippen LogP contribution in [0.15, 0.2) is 30.3 Å². The van der Waals surface area contributed by atoms with Crippen LogP contribution in [0.1, 0.15) is 36.0 Å². The molecular formula is C21H25F3N6O. The Balaban J connectivity index is 1.59. The minimum Gasteiger partial charge on any atom is -0.497 e. The number of halogens is 3. The Kier molecular flexibility index (Phi) is 5.74. The van der Waals surface area contributed by atoms with Crippen molar-refractivity contribution in [3.63, 3.8) is 0 Å². The Bertz CT molecular complexity index is 1050. The fourth-order valence-electron chi connectivity index (χ4n) is 4.27. The van der Waals surface area contributed by atoms with Crippen molar-refractivity contribution in [2.75, 3.05) is 32.6 Å². The maximum atomic E-state index is 13.1. The predicted molar refractivity (Wildman–Crippen MR) is 110 cm³/mol. The summed E-state index contributed by atoms with van der Waals surface area (Å²) in [5, 5.41) is 6.94. The van der Waals surface area contributed by atoms with Crippen LogP contribution in [-0.2, 0) is 6.18 Å². The van der Waals surface area contributed by atoms with Gasteiger partial charge in [-0.3, -0.25) is 4.90 Å². The predicted octanol–water partition coefficient (Wildman–Crippen LogP) is 3.96. The molecule has 31 heavy (non-hydrogen) atoms. The van der Waals surface area contributed by atoms with E-state index < -0.39 is 12.0 Å². The van der Waals surface area contributed by atoms with Gasteiger partial charge in [-0.2, -0.15) is 22.7 Å². The van der Waals surface area contributed by atoms with Gasteiger partial charge in [0.25, 0.3) is 11.6 Å². The molecule has 0 amide bonds. The lowest BCUT2D eigenvalue weighted by Crippen LogP contribution is -2.39. The smallest absolute Gasteiger partial charge is 0.453 e. The first-order valence-corrected chi connectivity index (χ1v) is 10.2. The van der Waals surface area contributed by atoms with Crippen LogP contribution < -0.4 is 10.1 Å². The van der Waals surface area contributed by atoms with E-state index in [1.54, 1.807) is 20.1 Å². The number of hydrogen-bond acceptors (Lipinski definition) is 6. The Morgan fingerprint density at radius 2 is 1.94 bits per heavy atom. The van der Waals surface area contributed by atoms with Gasteiger partial charge in [0.2, 0.25) is 0 Å². The molecule has 1 saturated heterocycles. The molecule has 10 heteroatoms. The molecule has 0 saturated carbocycles. The Labute approximate surface area is 178 Å². The van der Waals surface area contributed by atoms with Crippen LogP contribution in [0.3, 0.4) is 0 Å². The highest BCUT2D eigenvalue weighted by Crippen LogP contribution is 2.36. The zero-order valence-corrected chi connectivity index (χ0v) is 17.6. The van der Waals surface area contributed by atoms with Gasteiger partial charge >= 0.3 is 6.18 Å². The van der Waals surface area contributed by atoms with E-state index in [1.807, 2.05) is 12.1 Å². The molecule has 1 aliphatic heterocycles. The first kappa shape index (κ1) is 21.4. The van der Waals surface area contributed by atoms with Crippen LogP contribution in [0.25, 0.3) is 5.78 Å². The van der Waals surface area contributed by atoms with Crippen LogP contribution in [0, 0.1) is 12.8 Å². The number of fused-ring (bicyclic) bond motifs is 1. The number of ether oxygens (including phenoxy) is 1. The Hall–Kier alpha value is -2.88.